The highest BCUT2D eigenvalue weighted by Gasteiger charge is 2.32. The van der Waals surface area contributed by atoms with Gasteiger partial charge in [-0.25, -0.2) is 4.98 Å². The van der Waals surface area contributed by atoms with Crippen molar-refractivity contribution in [2.45, 2.75) is 44.4 Å². The maximum absolute atomic E-state index is 12.8. The van der Waals surface area contributed by atoms with Crippen LogP contribution >= 0.6 is 11.8 Å². The van der Waals surface area contributed by atoms with Crippen molar-refractivity contribution in [3.63, 3.8) is 0 Å². The average Bonchev–Trinajstić information content (AvgIpc) is 3.16. The summed E-state index contributed by atoms with van der Waals surface area (Å²) in [5.41, 5.74) is 3.22. The molecule has 0 spiro atoms. The molecule has 0 aliphatic carbocycles. The molecule has 0 bridgehead atoms. The van der Waals surface area contributed by atoms with Crippen molar-refractivity contribution in [3.05, 3.63) is 35.8 Å². The van der Waals surface area contributed by atoms with Crippen LogP contribution in [0.25, 0.3) is 11.3 Å². The lowest BCUT2D eigenvalue weighted by Gasteiger charge is -2.36. The molecule has 2 atom stereocenters. The minimum absolute atomic E-state index is 0.0196. The third-order valence-corrected chi connectivity index (χ3v) is 6.03. The number of nitrogens with zero attached hydrogens (tertiary/aromatic N) is 2. The number of methoxy groups -OCH3 is 1. The molecule has 1 aromatic heterocycles. The number of piperidine rings is 1. The van der Waals surface area contributed by atoms with Gasteiger partial charge in [-0.1, -0.05) is 0 Å². The molecule has 3 rings (SSSR count). The summed E-state index contributed by atoms with van der Waals surface area (Å²) in [6, 6.07) is 6.06. The summed E-state index contributed by atoms with van der Waals surface area (Å²) in [5.74, 6) is 1.94. The highest BCUT2D eigenvalue weighted by atomic mass is 32.2. The van der Waals surface area contributed by atoms with Crippen molar-refractivity contribution < 1.29 is 9.53 Å². The Bertz CT molecular complexity index is 774. The summed E-state index contributed by atoms with van der Waals surface area (Å²) < 4.78 is 5.29. The van der Waals surface area contributed by atoms with Crippen LogP contribution in [0.5, 0.6) is 5.75 Å². The van der Waals surface area contributed by atoms with Crippen LogP contribution in [0, 0.1) is 6.92 Å². The van der Waals surface area contributed by atoms with Crippen molar-refractivity contribution in [1.82, 2.24) is 14.9 Å². The fourth-order valence-corrected chi connectivity index (χ4v) is 3.86. The van der Waals surface area contributed by atoms with Gasteiger partial charge in [0.25, 0.3) is 0 Å². The van der Waals surface area contributed by atoms with Crippen LogP contribution < -0.4 is 4.74 Å². The number of H-pyrrole nitrogens is 1. The lowest BCUT2D eigenvalue weighted by molar-refractivity contribution is -0.134. The number of hydrogen-bond donors (Lipinski definition) is 1. The first-order chi connectivity index (χ1) is 12.5. The van der Waals surface area contributed by atoms with E-state index in [4.69, 9.17) is 4.74 Å². The maximum Gasteiger partial charge on any atom is 0.236 e. The molecular formula is C20H27N3O2S. The number of aryl methyl sites for hydroxylation is 1. The van der Waals surface area contributed by atoms with Crippen LogP contribution in [0.4, 0.5) is 0 Å². The largest absolute Gasteiger partial charge is 0.497 e. The smallest absolute Gasteiger partial charge is 0.236 e. The maximum atomic E-state index is 12.8. The predicted molar refractivity (Wildman–Crippen MR) is 107 cm³/mol. The number of aromatic nitrogens is 2. The summed E-state index contributed by atoms with van der Waals surface area (Å²) in [6.45, 7) is 4.86. The van der Waals surface area contributed by atoms with E-state index in [0.29, 0.717) is 0 Å². The lowest BCUT2D eigenvalue weighted by atomic mass is 10.0. The molecule has 26 heavy (non-hydrogen) atoms. The van der Waals surface area contributed by atoms with Gasteiger partial charge in [0.2, 0.25) is 5.91 Å². The first-order valence-corrected chi connectivity index (χ1v) is 10.4. The Morgan fingerprint density at radius 2 is 2.23 bits per heavy atom. The van der Waals surface area contributed by atoms with Crippen molar-refractivity contribution in [2.75, 3.05) is 19.9 Å². The van der Waals surface area contributed by atoms with Gasteiger partial charge in [0.15, 0.2) is 0 Å². The zero-order valence-corrected chi connectivity index (χ0v) is 16.7. The Balaban J connectivity index is 1.87. The van der Waals surface area contributed by atoms with E-state index in [1.165, 1.54) is 0 Å². The highest BCUT2D eigenvalue weighted by Crippen LogP contribution is 2.33. The third kappa shape index (κ3) is 3.75. The van der Waals surface area contributed by atoms with E-state index >= 15 is 0 Å². The lowest BCUT2D eigenvalue weighted by Crippen LogP contribution is -2.42. The molecule has 1 aliphatic heterocycles. The van der Waals surface area contributed by atoms with Crippen LogP contribution in [-0.2, 0) is 4.79 Å². The number of rotatable bonds is 5. The van der Waals surface area contributed by atoms with Crippen LogP contribution in [0.15, 0.2) is 24.4 Å². The quantitative estimate of drug-likeness (QED) is 0.853. The number of thioether (sulfide) groups is 1. The van der Waals surface area contributed by atoms with E-state index in [1.807, 2.05) is 42.5 Å². The van der Waals surface area contributed by atoms with Crippen molar-refractivity contribution in [1.29, 1.82) is 0 Å². The normalized spacial score (nSPS) is 18.6. The van der Waals surface area contributed by atoms with Gasteiger partial charge in [0, 0.05) is 12.1 Å². The Morgan fingerprint density at radius 3 is 2.92 bits per heavy atom. The predicted octanol–water partition coefficient (Wildman–Crippen LogP) is 4.20. The Hall–Kier alpha value is -1.95. The van der Waals surface area contributed by atoms with Crippen molar-refractivity contribution in [2.24, 2.45) is 0 Å². The summed E-state index contributed by atoms with van der Waals surface area (Å²) in [4.78, 5) is 22.9. The molecule has 140 valence electrons. The Morgan fingerprint density at radius 1 is 1.42 bits per heavy atom. The van der Waals surface area contributed by atoms with E-state index in [0.717, 1.165) is 54.2 Å². The van der Waals surface area contributed by atoms with Gasteiger partial charge in [0.1, 0.15) is 11.6 Å². The van der Waals surface area contributed by atoms with Gasteiger partial charge in [-0.2, -0.15) is 11.8 Å². The molecule has 5 nitrogen and oxygen atoms in total. The molecular weight excluding hydrogens is 346 g/mol. The van der Waals surface area contributed by atoms with Crippen molar-refractivity contribution in [3.8, 4) is 17.0 Å². The molecule has 0 saturated carbocycles. The van der Waals surface area contributed by atoms with Gasteiger partial charge >= 0.3 is 0 Å². The van der Waals surface area contributed by atoms with E-state index in [2.05, 4.69) is 16.9 Å². The molecule has 1 aliphatic rings. The van der Waals surface area contributed by atoms with Gasteiger partial charge in [0.05, 0.1) is 30.3 Å². The number of ether oxygens (including phenoxy) is 1. The number of hydrogen-bond acceptors (Lipinski definition) is 4. The van der Waals surface area contributed by atoms with Gasteiger partial charge in [-0.05, 0) is 63.1 Å². The molecule has 1 saturated heterocycles. The van der Waals surface area contributed by atoms with E-state index in [9.17, 15) is 4.79 Å². The molecule has 1 fully saturated rings. The van der Waals surface area contributed by atoms with E-state index in [-0.39, 0.29) is 17.2 Å². The van der Waals surface area contributed by atoms with Crippen LogP contribution in [-0.4, -0.2) is 45.9 Å². The first kappa shape index (κ1) is 18.8. The minimum Gasteiger partial charge on any atom is -0.497 e. The minimum atomic E-state index is -0.0196. The number of amides is 1. The molecule has 1 amide bonds. The Kier molecular flexibility index (Phi) is 5.91. The average molecular weight is 374 g/mol. The number of carbonyl (C=O) groups is 1. The molecule has 6 heteroatoms. The van der Waals surface area contributed by atoms with Gasteiger partial charge in [-0.15, -0.1) is 0 Å². The van der Waals surface area contributed by atoms with Crippen LogP contribution in [0.2, 0.25) is 0 Å². The summed E-state index contributed by atoms with van der Waals surface area (Å²) >= 11 is 1.60. The fourth-order valence-electron chi connectivity index (χ4n) is 3.52. The molecule has 0 radical (unpaired) electrons. The number of carbonyl (C=O) groups excluding carboxylic acids is 1. The standard InChI is InChI=1S/C20H27N3O2S/c1-13-11-15(25-3)8-9-16(13)17-12-21-19(22-17)18-7-5-6-10-23(18)20(24)14(2)26-4/h8-9,11-12,14,18H,5-7,10H2,1-4H3,(H,21,22). The molecule has 2 aromatic rings. The zero-order valence-electron chi connectivity index (χ0n) is 15.9. The van der Waals surface area contributed by atoms with Gasteiger partial charge in [-0.3, -0.25) is 4.79 Å². The molecule has 1 aromatic carbocycles. The zero-order chi connectivity index (χ0) is 18.7. The van der Waals surface area contributed by atoms with E-state index in [1.54, 1.807) is 18.9 Å². The van der Waals surface area contributed by atoms with Crippen LogP contribution in [0.1, 0.15) is 43.6 Å². The van der Waals surface area contributed by atoms with Crippen molar-refractivity contribution >= 4 is 17.7 Å². The summed E-state index contributed by atoms with van der Waals surface area (Å²) in [7, 11) is 1.67. The van der Waals surface area contributed by atoms with Gasteiger partial charge < -0.3 is 14.6 Å². The fraction of sp³-hybridized carbons (Fsp3) is 0.500. The SMILES string of the molecule is COc1ccc(-c2cnc(C3CCCCN3C(=O)C(C)SC)[nH]2)c(C)c1. The molecule has 2 unspecified atom stereocenters. The number of aromatic amines is 1. The first-order valence-electron chi connectivity index (χ1n) is 9.08. The monoisotopic (exact) mass is 373 g/mol. The second-order valence-electron chi connectivity index (χ2n) is 6.78. The number of benzene rings is 1. The number of imidazole rings is 1. The third-order valence-electron chi connectivity index (χ3n) is 5.12. The molecule has 1 N–H and O–H groups in total. The Labute approximate surface area is 159 Å². The summed E-state index contributed by atoms with van der Waals surface area (Å²) in [6.07, 6.45) is 7.01. The topological polar surface area (TPSA) is 58.2 Å². The second-order valence-corrected chi connectivity index (χ2v) is 7.96. The molecule has 2 heterocycles. The number of likely N-dealkylation sites (tertiary alicyclic amines) is 1. The summed E-state index contributed by atoms with van der Waals surface area (Å²) in [5, 5.41) is -0.0196. The highest BCUT2D eigenvalue weighted by molar-refractivity contribution is 7.99. The van der Waals surface area contributed by atoms with E-state index < -0.39 is 0 Å². The number of nitrogens with one attached hydrogen (secondary N) is 1. The van der Waals surface area contributed by atoms with Crippen LogP contribution in [0.3, 0.4) is 0 Å². The second kappa shape index (κ2) is 8.16.